The topological polar surface area (TPSA) is 125 Å². The Balaban J connectivity index is 1.44. The first kappa shape index (κ1) is 21.9. The van der Waals surface area contributed by atoms with Crippen LogP contribution in [0.15, 0.2) is 23.0 Å². The molecule has 2 aromatic heterocycles. The van der Waals surface area contributed by atoms with Gasteiger partial charge in [-0.15, -0.1) is 0 Å². The molecule has 3 heterocycles. The number of nitrogens with one attached hydrogen (secondary N) is 2. The number of methoxy groups -OCH3 is 1. The van der Waals surface area contributed by atoms with Crippen molar-refractivity contribution in [2.24, 2.45) is 5.92 Å². The lowest BCUT2D eigenvalue weighted by Gasteiger charge is -2.25. The van der Waals surface area contributed by atoms with Crippen LogP contribution in [0.3, 0.4) is 0 Å². The molecule has 1 saturated carbocycles. The molecular formula is C22H25ClN6O4. The van der Waals surface area contributed by atoms with Crippen LogP contribution in [-0.2, 0) is 4.74 Å². The molecule has 3 atom stereocenters. The second kappa shape index (κ2) is 8.44. The molecular weight excluding hydrogens is 448 g/mol. The molecule has 0 spiro atoms. The van der Waals surface area contributed by atoms with Crippen LogP contribution in [0.5, 0.6) is 5.75 Å². The minimum Gasteiger partial charge on any atom is -0.495 e. The number of aliphatic hydroxyl groups excluding tert-OH is 1. The van der Waals surface area contributed by atoms with Gasteiger partial charge in [0.25, 0.3) is 5.56 Å². The first-order valence-corrected chi connectivity index (χ1v) is 11.2. The average molecular weight is 473 g/mol. The Hall–Kier alpha value is -2.95. The molecule has 2 aliphatic rings. The molecule has 3 N–H and O–H groups in total. The van der Waals surface area contributed by atoms with E-state index in [4.69, 9.17) is 21.1 Å². The summed E-state index contributed by atoms with van der Waals surface area (Å²) in [5, 5.41) is 14.8. The zero-order valence-corrected chi connectivity index (χ0v) is 19.3. The third kappa shape index (κ3) is 4.21. The Labute approximate surface area is 194 Å². The third-order valence-corrected chi connectivity index (χ3v) is 6.40. The predicted molar refractivity (Wildman–Crippen MR) is 124 cm³/mol. The van der Waals surface area contributed by atoms with Gasteiger partial charge in [-0.2, -0.15) is 15.0 Å². The molecule has 0 bridgehead atoms. The highest BCUT2D eigenvalue weighted by Crippen LogP contribution is 2.40. The van der Waals surface area contributed by atoms with Crippen molar-refractivity contribution in [1.29, 1.82) is 0 Å². The number of benzene rings is 1. The normalized spacial score (nSPS) is 21.4. The van der Waals surface area contributed by atoms with Gasteiger partial charge in [-0.3, -0.25) is 9.69 Å². The number of anilines is 2. The molecule has 33 heavy (non-hydrogen) atoms. The van der Waals surface area contributed by atoms with Crippen molar-refractivity contribution in [2.75, 3.05) is 23.9 Å². The van der Waals surface area contributed by atoms with Gasteiger partial charge in [-0.25, -0.2) is 0 Å². The largest absolute Gasteiger partial charge is 0.495 e. The van der Waals surface area contributed by atoms with Gasteiger partial charge in [0.1, 0.15) is 11.6 Å². The van der Waals surface area contributed by atoms with Crippen LogP contribution >= 0.6 is 11.6 Å². The highest BCUT2D eigenvalue weighted by atomic mass is 35.5. The summed E-state index contributed by atoms with van der Waals surface area (Å²) in [4.78, 5) is 30.7. The maximum atomic E-state index is 12.8. The minimum atomic E-state index is -1.09. The van der Waals surface area contributed by atoms with Crippen molar-refractivity contribution in [3.63, 3.8) is 0 Å². The Morgan fingerprint density at radius 3 is 2.82 bits per heavy atom. The molecule has 1 aromatic carbocycles. The molecule has 2 fully saturated rings. The zero-order valence-electron chi connectivity index (χ0n) is 18.5. The number of aliphatic hydroxyl groups is 1. The Morgan fingerprint density at radius 2 is 2.09 bits per heavy atom. The maximum absolute atomic E-state index is 12.8. The van der Waals surface area contributed by atoms with E-state index in [-0.39, 0.29) is 11.6 Å². The molecule has 174 valence electrons. The molecule has 1 aliphatic heterocycles. The van der Waals surface area contributed by atoms with Crippen molar-refractivity contribution >= 4 is 34.4 Å². The van der Waals surface area contributed by atoms with Gasteiger partial charge in [0.05, 0.1) is 36.3 Å². The van der Waals surface area contributed by atoms with Crippen molar-refractivity contribution in [3.8, 4) is 5.75 Å². The second-order valence-electron chi connectivity index (χ2n) is 8.47. The van der Waals surface area contributed by atoms with E-state index in [0.29, 0.717) is 52.1 Å². The summed E-state index contributed by atoms with van der Waals surface area (Å²) in [5.74, 6) is 2.12. The number of halogens is 1. The van der Waals surface area contributed by atoms with Crippen molar-refractivity contribution in [1.82, 2.24) is 19.9 Å². The van der Waals surface area contributed by atoms with E-state index in [9.17, 15) is 9.90 Å². The fourth-order valence-corrected chi connectivity index (χ4v) is 4.47. The number of nitrogens with zero attached hydrogens (tertiary/aromatic N) is 4. The van der Waals surface area contributed by atoms with E-state index in [1.807, 2.05) is 6.92 Å². The van der Waals surface area contributed by atoms with Crippen molar-refractivity contribution in [2.45, 2.75) is 45.2 Å². The lowest BCUT2D eigenvalue weighted by atomic mass is 10.1. The van der Waals surface area contributed by atoms with Crippen LogP contribution in [0.2, 0.25) is 5.02 Å². The third-order valence-electron chi connectivity index (χ3n) is 6.10. The Morgan fingerprint density at radius 1 is 1.30 bits per heavy atom. The van der Waals surface area contributed by atoms with E-state index in [2.05, 4.69) is 25.3 Å². The molecule has 0 radical (unpaired) electrons. The van der Waals surface area contributed by atoms with Gasteiger partial charge >= 0.3 is 0 Å². The molecule has 1 aliphatic carbocycles. The number of pyridine rings is 1. The van der Waals surface area contributed by atoms with E-state index in [0.717, 1.165) is 18.2 Å². The van der Waals surface area contributed by atoms with Crippen LogP contribution < -0.4 is 20.5 Å². The van der Waals surface area contributed by atoms with Crippen LogP contribution in [0.1, 0.15) is 37.2 Å². The van der Waals surface area contributed by atoms with Gasteiger partial charge in [0.2, 0.25) is 18.3 Å². The number of aromatic amines is 1. The Bertz CT molecular complexity index is 1260. The van der Waals surface area contributed by atoms with E-state index in [1.54, 1.807) is 30.0 Å². The van der Waals surface area contributed by atoms with Gasteiger partial charge in [0.15, 0.2) is 0 Å². The quantitative estimate of drug-likeness (QED) is 0.496. The van der Waals surface area contributed by atoms with Gasteiger partial charge in [-0.1, -0.05) is 11.6 Å². The monoisotopic (exact) mass is 472 g/mol. The molecule has 5 rings (SSSR count). The lowest BCUT2D eigenvalue weighted by molar-refractivity contribution is -0.0581. The van der Waals surface area contributed by atoms with E-state index in [1.165, 1.54) is 7.11 Å². The number of hydrogen-bond acceptors (Lipinski definition) is 9. The van der Waals surface area contributed by atoms with Gasteiger partial charge in [-0.05, 0) is 44.7 Å². The molecule has 10 nitrogen and oxygen atoms in total. The fraction of sp³-hybridized carbons (Fsp3) is 0.455. The average Bonchev–Trinajstić information content (AvgIpc) is 3.54. The lowest BCUT2D eigenvalue weighted by Crippen LogP contribution is -2.40. The number of aromatic nitrogens is 4. The molecule has 11 heteroatoms. The molecule has 1 unspecified atom stereocenters. The molecule has 0 amide bonds. The number of H-pyrrole nitrogens is 1. The minimum absolute atomic E-state index is 0.0390. The number of hydrogen-bond donors (Lipinski definition) is 3. The standard InChI is InChI=1S/C22H25ClN6O4/c1-10(14-6-13-7-15(23)18(32-3)8-16(13)27-19(14)30)24-20-25-11(2)26-21(28-20)29-17(12-4-5-12)9-33-22(29)31/h6-8,10,12,17,22,31H,4-5,9H2,1-3H3,(H,27,30)(H,24,25,26,28)/t10-,17+,22?/m0/s1. The summed E-state index contributed by atoms with van der Waals surface area (Å²) in [7, 11) is 1.52. The van der Waals surface area contributed by atoms with Crippen LogP contribution in [-0.4, -0.2) is 51.2 Å². The number of rotatable bonds is 6. The zero-order chi connectivity index (χ0) is 23.3. The highest BCUT2D eigenvalue weighted by molar-refractivity contribution is 6.32. The number of ether oxygens (including phenoxy) is 2. The summed E-state index contributed by atoms with van der Waals surface area (Å²) in [6.07, 6.45) is 1.11. The summed E-state index contributed by atoms with van der Waals surface area (Å²) < 4.78 is 10.7. The van der Waals surface area contributed by atoms with Crippen LogP contribution in [0.4, 0.5) is 11.9 Å². The molecule has 1 saturated heterocycles. The maximum Gasteiger partial charge on any atom is 0.253 e. The predicted octanol–water partition coefficient (Wildman–Crippen LogP) is 2.75. The van der Waals surface area contributed by atoms with Crippen molar-refractivity contribution in [3.05, 3.63) is 45.0 Å². The second-order valence-corrected chi connectivity index (χ2v) is 8.88. The Kier molecular flexibility index (Phi) is 5.59. The summed E-state index contributed by atoms with van der Waals surface area (Å²) in [5.41, 5.74) is 0.892. The first-order chi connectivity index (χ1) is 15.8. The highest BCUT2D eigenvalue weighted by Gasteiger charge is 2.44. The van der Waals surface area contributed by atoms with E-state index >= 15 is 0 Å². The SMILES string of the molecule is COc1cc2[nH]c(=O)c([C@H](C)Nc3nc(C)nc(N4C(O)OC[C@@H]4C4CC4)n3)cc2cc1Cl. The van der Waals surface area contributed by atoms with Crippen LogP contribution in [0.25, 0.3) is 10.9 Å². The fourth-order valence-electron chi connectivity index (χ4n) is 4.22. The summed E-state index contributed by atoms with van der Waals surface area (Å²) in [6, 6.07) is 4.86. The smallest absolute Gasteiger partial charge is 0.253 e. The van der Waals surface area contributed by atoms with Gasteiger partial charge in [0, 0.05) is 17.0 Å². The first-order valence-electron chi connectivity index (χ1n) is 10.8. The van der Waals surface area contributed by atoms with Crippen LogP contribution in [0, 0.1) is 12.8 Å². The van der Waals surface area contributed by atoms with Gasteiger partial charge < -0.3 is 24.9 Å². The number of fused-ring (bicyclic) bond motifs is 1. The summed E-state index contributed by atoms with van der Waals surface area (Å²) >= 11 is 6.26. The number of aryl methyl sites for hydroxylation is 1. The van der Waals surface area contributed by atoms with E-state index < -0.39 is 12.5 Å². The molecule has 3 aromatic rings. The summed E-state index contributed by atoms with van der Waals surface area (Å²) in [6.45, 7) is 4.05. The van der Waals surface area contributed by atoms with Crippen molar-refractivity contribution < 1.29 is 14.6 Å².